The second-order valence-electron chi connectivity index (χ2n) is 8.12. The van der Waals surface area contributed by atoms with E-state index < -0.39 is 42.0 Å². The smallest absolute Gasteiger partial charge is 0.744 e. The van der Waals surface area contributed by atoms with Gasteiger partial charge < -0.3 is 4.55 Å². The maximum atomic E-state index is 13.0. The molecule has 1 aliphatic heterocycles. The van der Waals surface area contributed by atoms with Crippen molar-refractivity contribution < 1.29 is 55.7 Å². The summed E-state index contributed by atoms with van der Waals surface area (Å²) in [4.78, 5) is 12.3. The molecule has 1 N–H and O–H groups in total. The predicted octanol–water partition coefficient (Wildman–Crippen LogP) is 1.89. The number of carbonyl (C=O) groups is 1. The molecule has 16 heteroatoms. The summed E-state index contributed by atoms with van der Waals surface area (Å²) >= 11 is 12.0. The number of hydrazone groups is 1. The zero-order valence-corrected chi connectivity index (χ0v) is 25.8. The molecule has 0 bridgehead atoms. The molecule has 3 aromatic carbocycles. The number of carbonyl (C=O) groups excluding carboxylic acids is 1. The minimum atomic E-state index is -4.89. The number of amides is 1. The van der Waals surface area contributed by atoms with Crippen molar-refractivity contribution in [1.29, 1.82) is 0 Å². The number of anilines is 2. The molecular formula is C23H18Cl2N5NaO6S2. The Bertz CT molecular complexity index is 1720. The Morgan fingerprint density at radius 3 is 2.26 bits per heavy atom. The van der Waals surface area contributed by atoms with E-state index in [2.05, 4.69) is 20.1 Å². The summed E-state index contributed by atoms with van der Waals surface area (Å²) in [5.74, 6) is -0.673. The monoisotopic (exact) mass is 617 g/mol. The first-order valence-electron chi connectivity index (χ1n) is 10.7. The van der Waals surface area contributed by atoms with Gasteiger partial charge in [-0.1, -0.05) is 47.5 Å². The van der Waals surface area contributed by atoms with E-state index in [1.165, 1.54) is 13.0 Å². The Kier molecular flexibility index (Phi) is 9.61. The molecule has 1 aliphatic rings. The molecule has 3 aromatic rings. The van der Waals surface area contributed by atoms with E-state index in [4.69, 9.17) is 23.2 Å². The van der Waals surface area contributed by atoms with E-state index in [-0.39, 0.29) is 56.6 Å². The Hall–Kier alpha value is -2.36. The van der Waals surface area contributed by atoms with Crippen LogP contribution >= 0.6 is 23.2 Å². The third kappa shape index (κ3) is 6.87. The van der Waals surface area contributed by atoms with Crippen molar-refractivity contribution >= 4 is 72.0 Å². The summed E-state index contributed by atoms with van der Waals surface area (Å²) in [6, 6.07) is 13.5. The standard InChI is InChI=1S/C23H19Cl2N5O6S2.Na/c1-13-8-9-16(10-20(13)37(32,33)29-15-6-4-3-5-7-15)26-27-22-14(2)28-30(23(22)31)19-11-18(25)21(12-17(19)24)38(34,35)36;/h3-12,22,29H,1-2H3,(H,34,35,36);/q;+1/p-1. The van der Waals surface area contributed by atoms with Gasteiger partial charge in [-0.25, -0.2) is 16.8 Å². The van der Waals surface area contributed by atoms with Crippen LogP contribution in [0.2, 0.25) is 10.0 Å². The van der Waals surface area contributed by atoms with Crippen molar-refractivity contribution in [2.75, 3.05) is 9.73 Å². The van der Waals surface area contributed by atoms with Crippen LogP contribution in [0.5, 0.6) is 0 Å². The summed E-state index contributed by atoms with van der Waals surface area (Å²) < 4.78 is 62.4. The van der Waals surface area contributed by atoms with Gasteiger partial charge in [0, 0.05) is 5.69 Å². The van der Waals surface area contributed by atoms with Gasteiger partial charge in [0.25, 0.3) is 15.9 Å². The molecule has 0 radical (unpaired) electrons. The van der Waals surface area contributed by atoms with Gasteiger partial charge in [0.05, 0.1) is 36.9 Å². The Balaban J connectivity index is 0.00000420. The van der Waals surface area contributed by atoms with Crippen LogP contribution in [0.15, 0.2) is 85.8 Å². The third-order valence-corrected chi connectivity index (χ3v) is 8.50. The van der Waals surface area contributed by atoms with E-state index in [1.54, 1.807) is 49.4 Å². The van der Waals surface area contributed by atoms with Crippen molar-refractivity contribution in [3.8, 4) is 0 Å². The number of sulfonamides is 1. The molecule has 198 valence electrons. The number of benzene rings is 3. The van der Waals surface area contributed by atoms with Crippen LogP contribution in [-0.2, 0) is 24.9 Å². The fourth-order valence-electron chi connectivity index (χ4n) is 3.51. The van der Waals surface area contributed by atoms with E-state index in [1.807, 2.05) is 0 Å². The summed E-state index contributed by atoms with van der Waals surface area (Å²) in [6.45, 7) is 3.15. The molecule has 1 heterocycles. The molecule has 0 spiro atoms. The number of rotatable bonds is 7. The molecule has 0 saturated heterocycles. The molecule has 1 atom stereocenters. The topological polar surface area (TPSA) is 161 Å². The number of nitrogens with one attached hydrogen (secondary N) is 1. The maximum absolute atomic E-state index is 13.0. The first-order valence-corrected chi connectivity index (χ1v) is 14.4. The number of azo groups is 1. The van der Waals surface area contributed by atoms with Crippen molar-refractivity contribution in [2.45, 2.75) is 29.7 Å². The summed E-state index contributed by atoms with van der Waals surface area (Å²) in [5.41, 5.74) is 1.22. The van der Waals surface area contributed by atoms with Crippen LogP contribution < -0.4 is 39.3 Å². The molecule has 4 rings (SSSR count). The zero-order chi connectivity index (χ0) is 27.8. The van der Waals surface area contributed by atoms with Crippen molar-refractivity contribution in [2.24, 2.45) is 15.3 Å². The quantitative estimate of drug-likeness (QED) is 0.242. The number of halogens is 2. The van der Waals surface area contributed by atoms with Crippen molar-refractivity contribution in [3.63, 3.8) is 0 Å². The number of hydrogen-bond acceptors (Lipinski definition) is 9. The Morgan fingerprint density at radius 2 is 1.62 bits per heavy atom. The largest absolute Gasteiger partial charge is 1.00 e. The zero-order valence-electron chi connectivity index (χ0n) is 20.7. The van der Waals surface area contributed by atoms with Crippen LogP contribution in [-0.4, -0.2) is 39.0 Å². The van der Waals surface area contributed by atoms with E-state index in [0.29, 0.717) is 11.3 Å². The summed E-state index contributed by atoms with van der Waals surface area (Å²) in [5, 5.41) is 12.4. The Labute approximate surface area is 257 Å². The van der Waals surface area contributed by atoms with E-state index >= 15 is 0 Å². The van der Waals surface area contributed by atoms with Gasteiger partial charge in [-0.3, -0.25) is 9.52 Å². The van der Waals surface area contributed by atoms with Crippen LogP contribution in [0, 0.1) is 6.92 Å². The van der Waals surface area contributed by atoms with Crippen LogP contribution in [0.3, 0.4) is 0 Å². The minimum absolute atomic E-state index is 0. The second kappa shape index (κ2) is 12.0. The fourth-order valence-corrected chi connectivity index (χ4v) is 6.15. The minimum Gasteiger partial charge on any atom is -0.744 e. The normalized spacial score (nSPS) is 15.8. The molecule has 0 aliphatic carbocycles. The SMILES string of the molecule is CC1=NN(c2cc(Cl)c(S(=O)(=O)[O-])cc2Cl)C(=O)C1N=Nc1ccc(C)c(S(=O)(=O)Nc2ccccc2)c1.[Na+]. The van der Waals surface area contributed by atoms with Crippen molar-refractivity contribution in [1.82, 2.24) is 0 Å². The number of hydrogen-bond donors (Lipinski definition) is 1. The molecule has 1 unspecified atom stereocenters. The summed E-state index contributed by atoms with van der Waals surface area (Å²) in [7, 11) is -8.83. The van der Waals surface area contributed by atoms with Crippen LogP contribution in [0.4, 0.5) is 17.1 Å². The number of aryl methyl sites for hydroxylation is 1. The van der Waals surface area contributed by atoms with Gasteiger partial charge in [0.2, 0.25) is 0 Å². The summed E-state index contributed by atoms with van der Waals surface area (Å²) in [6.07, 6.45) is 0. The van der Waals surface area contributed by atoms with Gasteiger partial charge >= 0.3 is 29.6 Å². The molecule has 11 nitrogen and oxygen atoms in total. The number of nitrogens with zero attached hydrogens (tertiary/aromatic N) is 4. The first kappa shape index (κ1) is 31.2. The maximum Gasteiger partial charge on any atom is 1.00 e. The average Bonchev–Trinajstić information content (AvgIpc) is 3.12. The van der Waals surface area contributed by atoms with Crippen molar-refractivity contribution in [3.05, 3.63) is 76.3 Å². The van der Waals surface area contributed by atoms with Gasteiger partial charge in [-0.2, -0.15) is 20.3 Å². The van der Waals surface area contributed by atoms with Crippen LogP contribution in [0.1, 0.15) is 12.5 Å². The predicted molar refractivity (Wildman–Crippen MR) is 142 cm³/mol. The molecule has 39 heavy (non-hydrogen) atoms. The Morgan fingerprint density at radius 1 is 0.949 bits per heavy atom. The fraction of sp³-hybridized carbons (Fsp3) is 0.130. The van der Waals surface area contributed by atoms with Gasteiger partial charge in [-0.15, -0.1) is 0 Å². The second-order valence-corrected chi connectivity index (χ2v) is 11.9. The molecule has 0 saturated carbocycles. The third-order valence-electron chi connectivity index (χ3n) is 5.37. The van der Waals surface area contributed by atoms with E-state index in [0.717, 1.165) is 17.1 Å². The van der Waals surface area contributed by atoms with Crippen LogP contribution in [0.25, 0.3) is 0 Å². The van der Waals surface area contributed by atoms with Gasteiger partial charge in [0.15, 0.2) is 6.04 Å². The van der Waals surface area contributed by atoms with Gasteiger partial charge in [-0.05, 0) is 55.8 Å². The first-order chi connectivity index (χ1) is 17.8. The molecular weight excluding hydrogens is 600 g/mol. The average molecular weight is 618 g/mol. The number of para-hydroxylation sites is 1. The van der Waals surface area contributed by atoms with Gasteiger partial charge in [0.1, 0.15) is 10.1 Å². The van der Waals surface area contributed by atoms with E-state index in [9.17, 15) is 26.2 Å². The molecule has 0 fully saturated rings. The molecule has 0 aromatic heterocycles. The molecule has 1 amide bonds.